The average molecular weight is 526 g/mol. The van der Waals surface area contributed by atoms with Gasteiger partial charge in [0.25, 0.3) is 5.91 Å². The van der Waals surface area contributed by atoms with Crippen molar-refractivity contribution in [1.29, 1.82) is 0 Å². The molecular weight excluding hydrogens is 498 g/mol. The van der Waals surface area contributed by atoms with Crippen LogP contribution in [0.3, 0.4) is 0 Å². The molecule has 2 heterocycles. The van der Waals surface area contributed by atoms with Gasteiger partial charge in [-0.05, 0) is 43.5 Å². The van der Waals surface area contributed by atoms with Crippen LogP contribution in [-0.4, -0.2) is 43.6 Å². The number of aromatic nitrogens is 4. The van der Waals surface area contributed by atoms with Crippen molar-refractivity contribution >= 4 is 40.6 Å². The van der Waals surface area contributed by atoms with E-state index in [1.54, 1.807) is 11.8 Å². The number of amides is 1. The quantitative estimate of drug-likeness (QED) is 0.210. The SMILES string of the molecule is CCCN(CCC)C(=O)c1csc(CSc2nnc(-c3ccccc3Cl)n2-c2ccccc2C)n1. The van der Waals surface area contributed by atoms with Gasteiger partial charge in [-0.2, -0.15) is 0 Å². The maximum Gasteiger partial charge on any atom is 0.273 e. The van der Waals surface area contributed by atoms with E-state index in [0.717, 1.165) is 52.9 Å². The lowest BCUT2D eigenvalue weighted by atomic mass is 10.1. The Balaban J connectivity index is 1.61. The first-order valence-corrected chi connectivity index (χ1v) is 13.9. The van der Waals surface area contributed by atoms with Crippen molar-refractivity contribution in [3.8, 4) is 17.1 Å². The van der Waals surface area contributed by atoms with Gasteiger partial charge < -0.3 is 4.90 Å². The number of thioether (sulfide) groups is 1. The number of carbonyl (C=O) groups excluding carboxylic acids is 1. The van der Waals surface area contributed by atoms with Crippen LogP contribution in [0.2, 0.25) is 5.02 Å². The molecule has 2 aromatic carbocycles. The highest BCUT2D eigenvalue weighted by atomic mass is 35.5. The maximum atomic E-state index is 12.9. The molecule has 0 unspecified atom stereocenters. The van der Waals surface area contributed by atoms with Gasteiger partial charge in [0.05, 0.1) is 16.5 Å². The van der Waals surface area contributed by atoms with Gasteiger partial charge in [-0.15, -0.1) is 21.5 Å². The number of aryl methyl sites for hydroxylation is 1. The lowest BCUT2D eigenvalue weighted by molar-refractivity contribution is 0.0750. The zero-order valence-corrected chi connectivity index (χ0v) is 22.5. The molecule has 0 aliphatic heterocycles. The van der Waals surface area contributed by atoms with E-state index in [2.05, 4.69) is 48.1 Å². The molecule has 9 heteroatoms. The van der Waals surface area contributed by atoms with Gasteiger partial charge in [-0.1, -0.05) is 67.5 Å². The van der Waals surface area contributed by atoms with E-state index >= 15 is 0 Å². The minimum Gasteiger partial charge on any atom is -0.337 e. The zero-order chi connectivity index (χ0) is 24.8. The Labute approximate surface area is 219 Å². The third-order valence-electron chi connectivity index (χ3n) is 5.47. The van der Waals surface area contributed by atoms with Gasteiger partial charge >= 0.3 is 0 Å². The smallest absolute Gasteiger partial charge is 0.273 e. The van der Waals surface area contributed by atoms with Gasteiger partial charge in [0.15, 0.2) is 11.0 Å². The van der Waals surface area contributed by atoms with E-state index in [1.165, 1.54) is 11.3 Å². The monoisotopic (exact) mass is 525 g/mol. The molecule has 4 aromatic rings. The summed E-state index contributed by atoms with van der Waals surface area (Å²) in [5, 5.41) is 13.1. The summed E-state index contributed by atoms with van der Waals surface area (Å²) < 4.78 is 2.05. The molecule has 0 fully saturated rings. The fraction of sp³-hybridized carbons (Fsp3) is 0.308. The van der Waals surface area contributed by atoms with E-state index < -0.39 is 0 Å². The van der Waals surface area contributed by atoms with Crippen LogP contribution < -0.4 is 0 Å². The summed E-state index contributed by atoms with van der Waals surface area (Å²) in [6, 6.07) is 15.8. The number of rotatable bonds is 10. The highest BCUT2D eigenvalue weighted by molar-refractivity contribution is 7.98. The molecule has 0 radical (unpaired) electrons. The molecule has 4 rings (SSSR count). The molecule has 1 amide bonds. The molecular formula is C26H28ClN5OS2. The molecule has 182 valence electrons. The van der Waals surface area contributed by atoms with Crippen molar-refractivity contribution in [2.45, 2.75) is 44.5 Å². The molecule has 0 spiro atoms. The zero-order valence-electron chi connectivity index (χ0n) is 20.1. The predicted octanol–water partition coefficient (Wildman–Crippen LogP) is 6.91. The first-order valence-electron chi connectivity index (χ1n) is 11.7. The molecule has 0 saturated carbocycles. The minimum absolute atomic E-state index is 0.00489. The summed E-state index contributed by atoms with van der Waals surface area (Å²) in [6.07, 6.45) is 1.86. The third kappa shape index (κ3) is 5.77. The fourth-order valence-electron chi connectivity index (χ4n) is 3.83. The van der Waals surface area contributed by atoms with E-state index in [9.17, 15) is 4.79 Å². The Kier molecular flexibility index (Phi) is 8.59. The summed E-state index contributed by atoms with van der Waals surface area (Å²) >= 11 is 9.56. The normalized spacial score (nSPS) is 11.1. The lowest BCUT2D eigenvalue weighted by Gasteiger charge is -2.20. The average Bonchev–Trinajstić information content (AvgIpc) is 3.50. The Morgan fingerprint density at radius 2 is 1.77 bits per heavy atom. The largest absolute Gasteiger partial charge is 0.337 e. The highest BCUT2D eigenvalue weighted by Gasteiger charge is 2.21. The number of benzene rings is 2. The Morgan fingerprint density at radius 3 is 2.49 bits per heavy atom. The van der Waals surface area contributed by atoms with Crippen molar-refractivity contribution in [3.63, 3.8) is 0 Å². The van der Waals surface area contributed by atoms with Crippen molar-refractivity contribution in [1.82, 2.24) is 24.6 Å². The number of halogens is 1. The van der Waals surface area contributed by atoms with E-state index in [4.69, 9.17) is 11.6 Å². The van der Waals surface area contributed by atoms with Crippen LogP contribution in [0.15, 0.2) is 59.1 Å². The summed E-state index contributed by atoms with van der Waals surface area (Å²) in [4.78, 5) is 19.4. The van der Waals surface area contributed by atoms with Crippen LogP contribution in [0, 0.1) is 6.92 Å². The van der Waals surface area contributed by atoms with Crippen LogP contribution in [0.25, 0.3) is 17.1 Å². The third-order valence-corrected chi connectivity index (χ3v) is 7.78. The predicted molar refractivity (Wildman–Crippen MR) is 145 cm³/mol. The van der Waals surface area contributed by atoms with Gasteiger partial charge in [-0.25, -0.2) is 4.98 Å². The molecule has 0 saturated heterocycles. The standard InChI is InChI=1S/C26H28ClN5OS2/c1-4-14-31(15-5-2)25(33)21-16-34-23(28-21)17-35-26-30-29-24(19-11-7-8-12-20(19)27)32(26)22-13-9-6-10-18(22)3/h6-13,16H,4-5,14-15,17H2,1-3H3. The van der Waals surface area contributed by atoms with Gasteiger partial charge in [0.2, 0.25) is 0 Å². The minimum atomic E-state index is 0.00489. The first-order chi connectivity index (χ1) is 17.0. The van der Waals surface area contributed by atoms with Gasteiger partial charge in [0.1, 0.15) is 10.7 Å². The Bertz CT molecular complexity index is 1300. The molecule has 35 heavy (non-hydrogen) atoms. The summed E-state index contributed by atoms with van der Waals surface area (Å²) in [6.45, 7) is 7.73. The van der Waals surface area contributed by atoms with Crippen LogP contribution in [-0.2, 0) is 5.75 Å². The number of hydrogen-bond acceptors (Lipinski definition) is 6. The van der Waals surface area contributed by atoms with Crippen LogP contribution in [0.5, 0.6) is 0 Å². The molecule has 0 aliphatic carbocycles. The van der Waals surface area contributed by atoms with Crippen molar-refractivity contribution < 1.29 is 4.79 Å². The maximum absolute atomic E-state index is 12.9. The number of para-hydroxylation sites is 1. The molecule has 0 aliphatic rings. The second-order valence-electron chi connectivity index (χ2n) is 8.12. The highest BCUT2D eigenvalue weighted by Crippen LogP contribution is 2.34. The molecule has 2 aromatic heterocycles. The van der Waals surface area contributed by atoms with Crippen molar-refractivity contribution in [3.05, 3.63) is 75.2 Å². The number of hydrogen-bond donors (Lipinski definition) is 0. The number of nitrogens with zero attached hydrogens (tertiary/aromatic N) is 5. The molecule has 6 nitrogen and oxygen atoms in total. The second-order valence-corrected chi connectivity index (χ2v) is 10.4. The summed E-state index contributed by atoms with van der Waals surface area (Å²) in [7, 11) is 0. The van der Waals surface area contributed by atoms with E-state index in [-0.39, 0.29) is 5.91 Å². The summed E-state index contributed by atoms with van der Waals surface area (Å²) in [5.74, 6) is 1.29. The Hall–Kier alpha value is -2.68. The molecule has 0 bridgehead atoms. The van der Waals surface area contributed by atoms with E-state index in [1.807, 2.05) is 51.2 Å². The van der Waals surface area contributed by atoms with Crippen molar-refractivity contribution in [2.75, 3.05) is 13.1 Å². The number of thiazole rings is 1. The topological polar surface area (TPSA) is 63.9 Å². The van der Waals surface area contributed by atoms with Crippen LogP contribution in [0.1, 0.15) is 47.7 Å². The van der Waals surface area contributed by atoms with Crippen molar-refractivity contribution in [2.24, 2.45) is 0 Å². The number of carbonyl (C=O) groups is 1. The Morgan fingerprint density at radius 1 is 1.06 bits per heavy atom. The second kappa shape index (κ2) is 11.8. The molecule has 0 atom stereocenters. The lowest BCUT2D eigenvalue weighted by Crippen LogP contribution is -2.32. The summed E-state index contributed by atoms with van der Waals surface area (Å²) in [5.41, 5.74) is 3.45. The van der Waals surface area contributed by atoms with Crippen LogP contribution >= 0.6 is 34.7 Å². The van der Waals surface area contributed by atoms with Gasteiger partial charge in [-0.3, -0.25) is 9.36 Å². The first kappa shape index (κ1) is 25.4. The fourth-order valence-corrected chi connectivity index (χ4v) is 5.78. The van der Waals surface area contributed by atoms with E-state index in [0.29, 0.717) is 22.3 Å². The molecule has 0 N–H and O–H groups in total. The van der Waals surface area contributed by atoms with Gasteiger partial charge in [0, 0.05) is 24.0 Å². The van der Waals surface area contributed by atoms with Crippen LogP contribution in [0.4, 0.5) is 0 Å².